The number of rotatable bonds is 6. The van der Waals surface area contributed by atoms with Gasteiger partial charge in [0, 0.05) is 0 Å². The van der Waals surface area contributed by atoms with Crippen LogP contribution in [-0.2, 0) is 4.74 Å². The van der Waals surface area contributed by atoms with Gasteiger partial charge in [0.2, 0.25) is 0 Å². The fraction of sp³-hybridized carbons (Fsp3) is 0.278. The predicted octanol–water partition coefficient (Wildman–Crippen LogP) is 4.53. The number of nitrogens with one attached hydrogen (secondary N) is 1. The summed E-state index contributed by atoms with van der Waals surface area (Å²) < 4.78 is 44.8. The second-order valence-corrected chi connectivity index (χ2v) is 5.59. The molecule has 0 aromatic heterocycles. The van der Waals surface area contributed by atoms with Crippen molar-refractivity contribution in [3.63, 3.8) is 0 Å². The van der Waals surface area contributed by atoms with E-state index < -0.39 is 30.3 Å². The fourth-order valence-electron chi connectivity index (χ4n) is 2.57. The van der Waals surface area contributed by atoms with Crippen LogP contribution < -0.4 is 5.73 Å². The first-order chi connectivity index (χ1) is 11.4. The molecule has 0 fully saturated rings. The molecule has 0 heterocycles. The topological polar surface area (TPSA) is 59.1 Å². The van der Waals surface area contributed by atoms with Crippen molar-refractivity contribution in [1.82, 2.24) is 0 Å². The molecule has 0 radical (unpaired) electrons. The van der Waals surface area contributed by atoms with E-state index in [0.717, 1.165) is 11.1 Å². The number of hydrogen-bond acceptors (Lipinski definition) is 2. The molecule has 0 amide bonds. The lowest BCUT2D eigenvalue weighted by atomic mass is 9.91. The van der Waals surface area contributed by atoms with Gasteiger partial charge >= 0.3 is 0 Å². The van der Waals surface area contributed by atoms with Gasteiger partial charge in [0.05, 0.1) is 0 Å². The van der Waals surface area contributed by atoms with Crippen LogP contribution in [0.15, 0.2) is 48.5 Å². The molecule has 0 aliphatic rings. The summed E-state index contributed by atoms with van der Waals surface area (Å²) in [5.41, 5.74) is 7.08. The molecule has 2 aromatic carbocycles. The summed E-state index contributed by atoms with van der Waals surface area (Å²) >= 11 is 0. The number of nitrogens with two attached hydrogens (primary N) is 1. The van der Waals surface area contributed by atoms with Crippen LogP contribution in [0.5, 0.6) is 0 Å². The van der Waals surface area contributed by atoms with E-state index in [2.05, 4.69) is 4.74 Å². The molecule has 2 rings (SSSR count). The first-order valence-corrected chi connectivity index (χ1v) is 7.52. The minimum absolute atomic E-state index is 0.146. The standard InChI is InChI=1S/C18H19F3N2O/c1-11(9-16(17(20)21)24-18(22)23)14-10-13(7-8-15(14)19)12-5-3-2-4-6-12/h2-8,10-11,16-17H,9H2,1H3,(H3,22,23)/t11-,16-/m0/s1. The summed E-state index contributed by atoms with van der Waals surface area (Å²) in [6.07, 6.45) is -4.50. The van der Waals surface area contributed by atoms with Crippen LogP contribution in [0.4, 0.5) is 13.2 Å². The van der Waals surface area contributed by atoms with Crippen molar-refractivity contribution < 1.29 is 17.9 Å². The maximum atomic E-state index is 14.2. The number of alkyl halides is 2. The van der Waals surface area contributed by atoms with Crippen molar-refractivity contribution in [2.75, 3.05) is 0 Å². The SMILES string of the molecule is C[C@@H](C[C@H](OC(=N)N)C(F)F)c1cc(-c2ccccc2)ccc1F. The largest absolute Gasteiger partial charge is 0.456 e. The second kappa shape index (κ2) is 7.86. The number of ether oxygens (including phenoxy) is 1. The van der Waals surface area contributed by atoms with E-state index in [9.17, 15) is 13.2 Å². The zero-order valence-electron chi connectivity index (χ0n) is 13.2. The lowest BCUT2D eigenvalue weighted by molar-refractivity contribution is -0.00484. The summed E-state index contributed by atoms with van der Waals surface area (Å²) in [5, 5.41) is 7.00. The van der Waals surface area contributed by atoms with E-state index in [1.165, 1.54) is 6.07 Å². The highest BCUT2D eigenvalue weighted by molar-refractivity contribution is 5.67. The van der Waals surface area contributed by atoms with Crippen molar-refractivity contribution in [3.8, 4) is 11.1 Å². The Kier molecular flexibility index (Phi) is 5.84. The average Bonchev–Trinajstić information content (AvgIpc) is 2.54. The maximum Gasteiger partial charge on any atom is 0.279 e. The van der Waals surface area contributed by atoms with Gasteiger partial charge in [-0.2, -0.15) is 0 Å². The van der Waals surface area contributed by atoms with Crippen LogP contribution in [0.1, 0.15) is 24.8 Å². The summed E-state index contributed by atoms with van der Waals surface area (Å²) in [5.74, 6) is -0.981. The number of amidine groups is 1. The molecule has 128 valence electrons. The van der Waals surface area contributed by atoms with Crippen molar-refractivity contribution in [3.05, 3.63) is 59.9 Å². The van der Waals surface area contributed by atoms with Gasteiger partial charge in [0.1, 0.15) is 5.82 Å². The van der Waals surface area contributed by atoms with E-state index in [-0.39, 0.29) is 6.42 Å². The van der Waals surface area contributed by atoms with E-state index >= 15 is 0 Å². The van der Waals surface area contributed by atoms with Gasteiger partial charge in [-0.3, -0.25) is 5.41 Å². The summed E-state index contributed by atoms with van der Waals surface area (Å²) in [6, 6.07) is 13.3. The van der Waals surface area contributed by atoms with Crippen LogP contribution in [0, 0.1) is 11.2 Å². The monoisotopic (exact) mass is 336 g/mol. The van der Waals surface area contributed by atoms with Gasteiger partial charge < -0.3 is 10.5 Å². The molecular weight excluding hydrogens is 317 g/mol. The second-order valence-electron chi connectivity index (χ2n) is 5.59. The average molecular weight is 336 g/mol. The molecule has 0 aliphatic heterocycles. The fourth-order valence-corrected chi connectivity index (χ4v) is 2.57. The molecule has 2 aromatic rings. The summed E-state index contributed by atoms with van der Waals surface area (Å²) in [4.78, 5) is 0. The Morgan fingerprint density at radius 2 is 1.79 bits per heavy atom. The lowest BCUT2D eigenvalue weighted by Gasteiger charge is -2.21. The molecule has 6 heteroatoms. The third-order valence-electron chi connectivity index (χ3n) is 3.78. The van der Waals surface area contributed by atoms with Crippen LogP contribution in [-0.4, -0.2) is 18.6 Å². The lowest BCUT2D eigenvalue weighted by Crippen LogP contribution is -2.30. The van der Waals surface area contributed by atoms with Crippen LogP contribution in [0.25, 0.3) is 11.1 Å². The number of benzene rings is 2. The zero-order chi connectivity index (χ0) is 17.7. The third kappa shape index (κ3) is 4.50. The Morgan fingerprint density at radius 1 is 1.12 bits per heavy atom. The first kappa shape index (κ1) is 17.8. The van der Waals surface area contributed by atoms with Gasteiger partial charge in [-0.05, 0) is 41.2 Å². The van der Waals surface area contributed by atoms with Crippen LogP contribution >= 0.6 is 0 Å². The molecule has 0 saturated carbocycles. The minimum atomic E-state index is -2.81. The van der Waals surface area contributed by atoms with E-state index in [1.807, 2.05) is 30.3 Å². The van der Waals surface area contributed by atoms with E-state index in [1.54, 1.807) is 19.1 Å². The summed E-state index contributed by atoms with van der Waals surface area (Å²) in [7, 11) is 0. The van der Waals surface area contributed by atoms with Gasteiger partial charge in [-0.25, -0.2) is 13.2 Å². The van der Waals surface area contributed by atoms with Crippen molar-refractivity contribution >= 4 is 6.02 Å². The molecule has 0 bridgehead atoms. The molecule has 0 aliphatic carbocycles. The molecule has 0 unspecified atom stereocenters. The summed E-state index contributed by atoms with van der Waals surface area (Å²) in [6.45, 7) is 1.64. The van der Waals surface area contributed by atoms with Gasteiger partial charge in [-0.1, -0.05) is 43.3 Å². The van der Waals surface area contributed by atoms with E-state index in [4.69, 9.17) is 11.1 Å². The number of hydrogen-bond donors (Lipinski definition) is 2. The molecule has 3 nitrogen and oxygen atoms in total. The Balaban J connectivity index is 2.25. The van der Waals surface area contributed by atoms with Crippen LogP contribution in [0.3, 0.4) is 0 Å². The van der Waals surface area contributed by atoms with Gasteiger partial charge in [0.25, 0.3) is 12.4 Å². The molecule has 3 N–H and O–H groups in total. The Labute approximate surface area is 138 Å². The van der Waals surface area contributed by atoms with Crippen molar-refractivity contribution in [1.29, 1.82) is 5.41 Å². The quantitative estimate of drug-likeness (QED) is 0.601. The highest BCUT2D eigenvalue weighted by Gasteiger charge is 2.27. The maximum absolute atomic E-state index is 14.2. The normalized spacial score (nSPS) is 13.5. The third-order valence-corrected chi connectivity index (χ3v) is 3.78. The highest BCUT2D eigenvalue weighted by Crippen LogP contribution is 2.30. The minimum Gasteiger partial charge on any atom is -0.456 e. The molecule has 0 spiro atoms. The van der Waals surface area contributed by atoms with Gasteiger partial charge in [0.15, 0.2) is 6.10 Å². The predicted molar refractivity (Wildman–Crippen MR) is 87.7 cm³/mol. The smallest absolute Gasteiger partial charge is 0.279 e. The van der Waals surface area contributed by atoms with Gasteiger partial charge in [-0.15, -0.1) is 0 Å². The van der Waals surface area contributed by atoms with Crippen molar-refractivity contribution in [2.45, 2.75) is 31.8 Å². The number of halogens is 3. The molecule has 0 saturated heterocycles. The Morgan fingerprint density at radius 3 is 2.38 bits per heavy atom. The molecule has 2 atom stereocenters. The van der Waals surface area contributed by atoms with Crippen molar-refractivity contribution in [2.24, 2.45) is 5.73 Å². The zero-order valence-corrected chi connectivity index (χ0v) is 13.2. The molecular formula is C18H19F3N2O. The first-order valence-electron chi connectivity index (χ1n) is 7.52. The molecule has 24 heavy (non-hydrogen) atoms. The Hall–Kier alpha value is -2.50. The van der Waals surface area contributed by atoms with E-state index in [0.29, 0.717) is 5.56 Å². The van der Waals surface area contributed by atoms with Crippen LogP contribution in [0.2, 0.25) is 0 Å². The highest BCUT2D eigenvalue weighted by atomic mass is 19.3. The Bertz CT molecular complexity index is 692.